The maximum absolute atomic E-state index is 12.1. The van der Waals surface area contributed by atoms with E-state index in [0.717, 1.165) is 31.4 Å². The van der Waals surface area contributed by atoms with Crippen molar-refractivity contribution in [2.24, 2.45) is 0 Å². The predicted molar refractivity (Wildman–Crippen MR) is 106 cm³/mol. The van der Waals surface area contributed by atoms with E-state index < -0.39 is 0 Å². The minimum Gasteiger partial charge on any atom is -0.325 e. The van der Waals surface area contributed by atoms with Crippen molar-refractivity contribution in [3.63, 3.8) is 0 Å². The number of hydrogen-bond donors (Lipinski definition) is 1. The Balaban J connectivity index is 1.59. The Bertz CT molecular complexity index is 880. The molecule has 1 amide bonds. The smallest absolute Gasteiger partial charge is 0.225 e. The number of amides is 1. The summed E-state index contributed by atoms with van der Waals surface area (Å²) in [5, 5.41) is 13.8. The van der Waals surface area contributed by atoms with E-state index in [1.165, 1.54) is 17.3 Å². The molecule has 0 fully saturated rings. The van der Waals surface area contributed by atoms with Gasteiger partial charge in [-0.2, -0.15) is 5.26 Å². The van der Waals surface area contributed by atoms with Gasteiger partial charge in [-0.3, -0.25) is 4.79 Å². The van der Waals surface area contributed by atoms with Crippen molar-refractivity contribution in [1.29, 1.82) is 5.26 Å². The molecule has 134 valence electrons. The molecule has 0 bridgehead atoms. The number of anilines is 1. The Hall–Kier alpha value is -1.74. The van der Waals surface area contributed by atoms with Crippen molar-refractivity contribution in [1.82, 2.24) is 4.98 Å². The molecule has 1 aliphatic carbocycles. The van der Waals surface area contributed by atoms with Crippen LogP contribution < -0.4 is 5.32 Å². The summed E-state index contributed by atoms with van der Waals surface area (Å²) in [6.07, 6.45) is 4.54. The van der Waals surface area contributed by atoms with Crippen LogP contribution in [0.5, 0.6) is 0 Å². The molecule has 1 N–H and O–H groups in total. The maximum Gasteiger partial charge on any atom is 0.225 e. The van der Waals surface area contributed by atoms with Crippen LogP contribution >= 0.6 is 35.0 Å². The van der Waals surface area contributed by atoms with Crippen LogP contribution in [0.15, 0.2) is 29.3 Å². The Labute approximate surface area is 166 Å². The number of carbonyl (C=O) groups is 1. The number of aromatic nitrogens is 1. The maximum atomic E-state index is 12.1. The zero-order valence-corrected chi connectivity index (χ0v) is 16.3. The Morgan fingerprint density at radius 3 is 2.85 bits per heavy atom. The van der Waals surface area contributed by atoms with Crippen LogP contribution in [0.4, 0.5) is 5.69 Å². The van der Waals surface area contributed by atoms with E-state index in [0.29, 0.717) is 38.5 Å². The lowest BCUT2D eigenvalue weighted by Gasteiger charge is -2.16. The van der Waals surface area contributed by atoms with E-state index in [1.807, 2.05) is 6.07 Å². The van der Waals surface area contributed by atoms with Crippen LogP contribution in [0.2, 0.25) is 10.0 Å². The minimum absolute atomic E-state index is 0.141. The SMILES string of the molecule is N#Cc1cc2c(nc1SCCC(=O)Nc1ccc(Cl)cc1Cl)CCCC2. The van der Waals surface area contributed by atoms with E-state index in [4.69, 9.17) is 23.2 Å². The monoisotopic (exact) mass is 405 g/mol. The summed E-state index contributed by atoms with van der Waals surface area (Å²) in [6.45, 7) is 0. The normalized spacial score (nSPS) is 13.0. The lowest BCUT2D eigenvalue weighted by molar-refractivity contribution is -0.115. The van der Waals surface area contributed by atoms with Crippen molar-refractivity contribution < 1.29 is 4.79 Å². The second-order valence-corrected chi connectivity index (χ2v) is 7.96. The number of nitrogens with zero attached hydrogens (tertiary/aromatic N) is 2. The first-order chi connectivity index (χ1) is 12.6. The average Bonchev–Trinajstić information content (AvgIpc) is 2.63. The molecule has 4 nitrogen and oxygen atoms in total. The van der Waals surface area contributed by atoms with Gasteiger partial charge in [-0.05, 0) is 55.5 Å². The van der Waals surface area contributed by atoms with Crippen LogP contribution in [0, 0.1) is 11.3 Å². The van der Waals surface area contributed by atoms with Gasteiger partial charge < -0.3 is 5.32 Å². The van der Waals surface area contributed by atoms with Crippen LogP contribution in [-0.2, 0) is 17.6 Å². The van der Waals surface area contributed by atoms with Gasteiger partial charge in [0.05, 0.1) is 16.3 Å². The number of rotatable bonds is 5. The summed E-state index contributed by atoms with van der Waals surface area (Å²) in [5.41, 5.74) is 3.41. The van der Waals surface area contributed by atoms with Gasteiger partial charge in [0.15, 0.2) is 0 Å². The second-order valence-electron chi connectivity index (χ2n) is 6.04. The number of carbonyl (C=O) groups excluding carboxylic acids is 1. The fourth-order valence-electron chi connectivity index (χ4n) is 2.85. The summed E-state index contributed by atoms with van der Waals surface area (Å²) in [5.74, 6) is 0.399. The third kappa shape index (κ3) is 4.70. The molecule has 0 saturated heterocycles. The molecule has 1 aliphatic rings. The van der Waals surface area contributed by atoms with Gasteiger partial charge in [0.25, 0.3) is 0 Å². The third-order valence-electron chi connectivity index (χ3n) is 4.16. The lowest BCUT2D eigenvalue weighted by atomic mass is 9.95. The highest BCUT2D eigenvalue weighted by Crippen LogP contribution is 2.28. The Morgan fingerprint density at radius 2 is 2.08 bits per heavy atom. The van der Waals surface area contributed by atoms with Gasteiger partial charge in [0, 0.05) is 22.9 Å². The minimum atomic E-state index is -0.141. The molecule has 1 aromatic carbocycles. The first kappa shape index (κ1) is 19.0. The summed E-state index contributed by atoms with van der Waals surface area (Å²) >= 11 is 13.4. The van der Waals surface area contributed by atoms with Gasteiger partial charge in [0.2, 0.25) is 5.91 Å². The molecular formula is C19H17Cl2N3OS. The van der Waals surface area contributed by atoms with Crippen molar-refractivity contribution >= 4 is 46.6 Å². The zero-order valence-electron chi connectivity index (χ0n) is 14.0. The fraction of sp³-hybridized carbons (Fsp3) is 0.316. The van der Waals surface area contributed by atoms with Crippen molar-refractivity contribution in [3.8, 4) is 6.07 Å². The van der Waals surface area contributed by atoms with E-state index in [-0.39, 0.29) is 5.91 Å². The number of fused-ring (bicyclic) bond motifs is 1. The first-order valence-electron chi connectivity index (χ1n) is 8.37. The largest absolute Gasteiger partial charge is 0.325 e. The molecule has 0 radical (unpaired) electrons. The van der Waals surface area contributed by atoms with Gasteiger partial charge in [-0.1, -0.05) is 23.2 Å². The standard InChI is InChI=1S/C19H17Cl2N3OS/c20-14-5-6-17(15(21)10-14)23-18(25)7-8-26-19-13(11-22)9-12-3-1-2-4-16(12)24-19/h5-6,9-10H,1-4,7-8H2,(H,23,25). The number of benzene rings is 1. The van der Waals surface area contributed by atoms with Crippen LogP contribution in [-0.4, -0.2) is 16.6 Å². The fourth-order valence-corrected chi connectivity index (χ4v) is 4.22. The molecule has 0 unspecified atom stereocenters. The first-order valence-corrected chi connectivity index (χ1v) is 10.1. The molecule has 1 aromatic heterocycles. The van der Waals surface area contributed by atoms with E-state index in [9.17, 15) is 10.1 Å². The second kappa shape index (κ2) is 8.77. The van der Waals surface area contributed by atoms with E-state index in [2.05, 4.69) is 16.4 Å². The molecule has 1 heterocycles. The highest BCUT2D eigenvalue weighted by atomic mass is 35.5. The van der Waals surface area contributed by atoms with Crippen molar-refractivity contribution in [2.75, 3.05) is 11.1 Å². The predicted octanol–water partition coefficient (Wildman–Crippen LogP) is 5.26. The third-order valence-corrected chi connectivity index (χ3v) is 5.70. The summed E-state index contributed by atoms with van der Waals surface area (Å²) in [4.78, 5) is 16.8. The van der Waals surface area contributed by atoms with Gasteiger partial charge in [0.1, 0.15) is 11.1 Å². The lowest BCUT2D eigenvalue weighted by Crippen LogP contribution is -2.13. The topological polar surface area (TPSA) is 65.8 Å². The molecule has 0 atom stereocenters. The molecule has 3 rings (SSSR count). The average molecular weight is 406 g/mol. The molecule has 2 aromatic rings. The molecule has 0 aliphatic heterocycles. The van der Waals surface area contributed by atoms with Gasteiger partial charge in [-0.25, -0.2) is 4.98 Å². The van der Waals surface area contributed by atoms with Gasteiger partial charge in [-0.15, -0.1) is 11.8 Å². The number of pyridine rings is 1. The zero-order chi connectivity index (χ0) is 18.5. The number of halogens is 2. The molecular weight excluding hydrogens is 389 g/mol. The number of nitriles is 1. The van der Waals surface area contributed by atoms with Gasteiger partial charge >= 0.3 is 0 Å². The highest BCUT2D eigenvalue weighted by Gasteiger charge is 2.16. The summed E-state index contributed by atoms with van der Waals surface area (Å²) in [7, 11) is 0. The van der Waals surface area contributed by atoms with Crippen molar-refractivity contribution in [3.05, 3.63) is 51.1 Å². The number of hydrogen-bond acceptors (Lipinski definition) is 4. The van der Waals surface area contributed by atoms with E-state index >= 15 is 0 Å². The number of nitrogens with one attached hydrogen (secondary N) is 1. The van der Waals surface area contributed by atoms with Crippen LogP contribution in [0.1, 0.15) is 36.1 Å². The number of aryl methyl sites for hydroxylation is 2. The molecule has 7 heteroatoms. The van der Waals surface area contributed by atoms with Crippen LogP contribution in [0.3, 0.4) is 0 Å². The highest BCUT2D eigenvalue weighted by molar-refractivity contribution is 7.99. The Morgan fingerprint density at radius 1 is 1.27 bits per heavy atom. The van der Waals surface area contributed by atoms with E-state index in [1.54, 1.807) is 18.2 Å². The molecule has 26 heavy (non-hydrogen) atoms. The molecule has 0 spiro atoms. The quantitative estimate of drug-likeness (QED) is 0.688. The summed E-state index contributed by atoms with van der Waals surface area (Å²) in [6, 6.07) is 9.12. The summed E-state index contributed by atoms with van der Waals surface area (Å²) < 4.78 is 0. The van der Waals surface area contributed by atoms with Crippen molar-refractivity contribution in [2.45, 2.75) is 37.1 Å². The Kier molecular flexibility index (Phi) is 6.42. The number of thioether (sulfide) groups is 1. The van der Waals surface area contributed by atoms with Crippen LogP contribution in [0.25, 0.3) is 0 Å². The molecule has 0 saturated carbocycles.